The summed E-state index contributed by atoms with van der Waals surface area (Å²) in [5.74, 6) is 0.271. The number of amides is 1. The third-order valence-electron chi connectivity index (χ3n) is 3.25. The van der Waals surface area contributed by atoms with Crippen LogP contribution in [0.3, 0.4) is 0 Å². The van der Waals surface area contributed by atoms with E-state index in [0.29, 0.717) is 35.9 Å². The summed E-state index contributed by atoms with van der Waals surface area (Å²) in [6.45, 7) is 8.56. The fraction of sp³-hybridized carbons (Fsp3) is 0.600. The number of nitriles is 1. The van der Waals surface area contributed by atoms with E-state index >= 15 is 0 Å². The highest BCUT2D eigenvalue weighted by atomic mass is 32.1. The van der Waals surface area contributed by atoms with Crippen molar-refractivity contribution in [3.05, 3.63) is 16.0 Å². The van der Waals surface area contributed by atoms with Gasteiger partial charge in [-0.15, -0.1) is 11.3 Å². The number of ether oxygens (including phenoxy) is 1. The molecule has 0 bridgehead atoms. The Hall–Kier alpha value is -1.38. The van der Waals surface area contributed by atoms with Crippen LogP contribution in [0.15, 0.2) is 0 Å². The standard InChI is InChI=1S/C15H20N2O2S/c1-9(2)5-13(18)17-14-11(7-16)10-6-15(3,4)19-8-12(10)20-14/h9H,5-6,8H2,1-4H3,(H,17,18). The molecule has 2 heterocycles. The third-order valence-corrected chi connectivity index (χ3v) is 4.37. The largest absolute Gasteiger partial charge is 0.370 e. The van der Waals surface area contributed by atoms with Gasteiger partial charge >= 0.3 is 0 Å². The lowest BCUT2D eigenvalue weighted by Crippen LogP contribution is -2.31. The number of thiophene rings is 1. The van der Waals surface area contributed by atoms with Crippen LogP contribution in [0, 0.1) is 17.2 Å². The summed E-state index contributed by atoms with van der Waals surface area (Å²) >= 11 is 1.46. The molecule has 0 unspecified atom stereocenters. The fourth-order valence-corrected chi connectivity index (χ4v) is 3.41. The summed E-state index contributed by atoms with van der Waals surface area (Å²) in [5.41, 5.74) is 1.39. The summed E-state index contributed by atoms with van der Waals surface area (Å²) in [4.78, 5) is 12.9. The van der Waals surface area contributed by atoms with Gasteiger partial charge in [0.05, 0.1) is 17.8 Å². The molecule has 0 aromatic carbocycles. The van der Waals surface area contributed by atoms with Crippen molar-refractivity contribution in [2.75, 3.05) is 5.32 Å². The molecule has 0 saturated heterocycles. The number of rotatable bonds is 3. The van der Waals surface area contributed by atoms with E-state index in [1.54, 1.807) is 0 Å². The molecule has 0 spiro atoms. The zero-order valence-corrected chi connectivity index (χ0v) is 13.2. The maximum atomic E-state index is 11.9. The van der Waals surface area contributed by atoms with Gasteiger partial charge in [-0.2, -0.15) is 5.26 Å². The Kier molecular flexibility index (Phi) is 4.17. The number of anilines is 1. The van der Waals surface area contributed by atoms with Gasteiger partial charge in [0, 0.05) is 17.7 Å². The lowest BCUT2D eigenvalue weighted by Gasteiger charge is -2.29. The molecule has 0 fully saturated rings. The van der Waals surface area contributed by atoms with Crippen LogP contribution >= 0.6 is 11.3 Å². The molecule has 1 aromatic rings. The molecular weight excluding hydrogens is 272 g/mol. The zero-order valence-electron chi connectivity index (χ0n) is 12.4. The number of hydrogen-bond donors (Lipinski definition) is 1. The SMILES string of the molecule is CC(C)CC(=O)Nc1sc2c(c1C#N)CC(C)(C)OC2. The Balaban J connectivity index is 2.26. The van der Waals surface area contributed by atoms with Crippen LogP contribution in [-0.4, -0.2) is 11.5 Å². The highest BCUT2D eigenvalue weighted by Crippen LogP contribution is 2.40. The molecule has 108 valence electrons. The Morgan fingerprint density at radius 1 is 1.55 bits per heavy atom. The quantitative estimate of drug-likeness (QED) is 0.928. The molecule has 1 amide bonds. The van der Waals surface area contributed by atoms with E-state index in [-0.39, 0.29) is 11.5 Å². The van der Waals surface area contributed by atoms with Crippen LogP contribution < -0.4 is 5.32 Å². The maximum absolute atomic E-state index is 11.9. The van der Waals surface area contributed by atoms with E-state index in [2.05, 4.69) is 11.4 Å². The first kappa shape index (κ1) is 15.0. The van der Waals surface area contributed by atoms with E-state index in [9.17, 15) is 10.1 Å². The number of nitrogens with one attached hydrogen (secondary N) is 1. The van der Waals surface area contributed by atoms with Crippen LogP contribution in [0.5, 0.6) is 0 Å². The highest BCUT2D eigenvalue weighted by molar-refractivity contribution is 7.16. The number of nitrogens with zero attached hydrogens (tertiary/aromatic N) is 1. The van der Waals surface area contributed by atoms with Gasteiger partial charge in [-0.05, 0) is 25.3 Å². The van der Waals surface area contributed by atoms with Crippen molar-refractivity contribution in [3.8, 4) is 6.07 Å². The predicted octanol–water partition coefficient (Wildman–Crippen LogP) is 3.46. The van der Waals surface area contributed by atoms with Crippen molar-refractivity contribution in [2.24, 2.45) is 5.92 Å². The summed E-state index contributed by atoms with van der Waals surface area (Å²) in [5, 5.41) is 12.9. The summed E-state index contributed by atoms with van der Waals surface area (Å²) in [6.07, 6.45) is 1.18. The molecule has 2 rings (SSSR count). The molecule has 0 radical (unpaired) electrons. The van der Waals surface area contributed by atoms with Crippen molar-refractivity contribution in [1.29, 1.82) is 5.26 Å². The van der Waals surface area contributed by atoms with Crippen molar-refractivity contribution >= 4 is 22.2 Å². The molecule has 4 nitrogen and oxygen atoms in total. The van der Waals surface area contributed by atoms with Gasteiger partial charge in [0.15, 0.2) is 0 Å². The van der Waals surface area contributed by atoms with Gasteiger partial charge in [0.1, 0.15) is 11.1 Å². The second-order valence-corrected chi connectivity index (χ2v) is 7.30. The number of carbonyl (C=O) groups excluding carboxylic acids is 1. The monoisotopic (exact) mass is 292 g/mol. The Morgan fingerprint density at radius 3 is 2.85 bits per heavy atom. The number of fused-ring (bicyclic) bond motifs is 1. The van der Waals surface area contributed by atoms with Gasteiger partial charge < -0.3 is 10.1 Å². The van der Waals surface area contributed by atoms with Crippen LogP contribution in [0.1, 0.15) is 50.1 Å². The summed E-state index contributed by atoms with van der Waals surface area (Å²) < 4.78 is 5.76. The minimum atomic E-state index is -0.251. The van der Waals surface area contributed by atoms with Crippen molar-refractivity contribution in [1.82, 2.24) is 0 Å². The first-order valence-electron chi connectivity index (χ1n) is 6.81. The molecule has 0 aliphatic carbocycles. The average molecular weight is 292 g/mol. The molecule has 1 aliphatic rings. The highest BCUT2D eigenvalue weighted by Gasteiger charge is 2.31. The van der Waals surface area contributed by atoms with Gasteiger partial charge in [-0.25, -0.2) is 0 Å². The van der Waals surface area contributed by atoms with Crippen molar-refractivity contribution in [3.63, 3.8) is 0 Å². The summed E-state index contributed by atoms with van der Waals surface area (Å²) in [7, 11) is 0. The van der Waals surface area contributed by atoms with Crippen LogP contribution in [0.25, 0.3) is 0 Å². The van der Waals surface area contributed by atoms with Gasteiger partial charge in [-0.1, -0.05) is 13.8 Å². The second kappa shape index (κ2) is 5.55. The molecule has 5 heteroatoms. The smallest absolute Gasteiger partial charge is 0.225 e. The van der Waals surface area contributed by atoms with Crippen LogP contribution in [0.4, 0.5) is 5.00 Å². The van der Waals surface area contributed by atoms with Crippen LogP contribution in [-0.2, 0) is 22.6 Å². The molecule has 1 aromatic heterocycles. The third kappa shape index (κ3) is 3.20. The Morgan fingerprint density at radius 2 is 2.25 bits per heavy atom. The Labute approximate surface area is 123 Å². The lowest BCUT2D eigenvalue weighted by molar-refractivity contribution is -0.116. The minimum absolute atomic E-state index is 0.0322. The first-order valence-corrected chi connectivity index (χ1v) is 7.62. The first-order chi connectivity index (χ1) is 9.32. The Bertz CT molecular complexity index is 567. The molecule has 1 N–H and O–H groups in total. The molecule has 0 saturated carbocycles. The molecule has 0 atom stereocenters. The second-order valence-electron chi connectivity index (χ2n) is 6.19. The van der Waals surface area contributed by atoms with E-state index in [0.717, 1.165) is 10.4 Å². The fourth-order valence-electron chi connectivity index (χ4n) is 2.31. The van der Waals surface area contributed by atoms with Gasteiger partial charge in [0.2, 0.25) is 5.91 Å². The van der Waals surface area contributed by atoms with Gasteiger partial charge in [0.25, 0.3) is 0 Å². The average Bonchev–Trinajstić information content (AvgIpc) is 2.62. The topological polar surface area (TPSA) is 62.1 Å². The maximum Gasteiger partial charge on any atom is 0.225 e. The number of hydrogen-bond acceptors (Lipinski definition) is 4. The number of carbonyl (C=O) groups is 1. The van der Waals surface area contributed by atoms with Crippen molar-refractivity contribution in [2.45, 2.75) is 52.7 Å². The normalized spacial score (nSPS) is 16.6. The summed E-state index contributed by atoms with van der Waals surface area (Å²) in [6, 6.07) is 2.24. The minimum Gasteiger partial charge on any atom is -0.370 e. The zero-order chi connectivity index (χ0) is 14.9. The van der Waals surface area contributed by atoms with E-state index in [4.69, 9.17) is 4.74 Å². The van der Waals surface area contributed by atoms with Crippen LogP contribution in [0.2, 0.25) is 0 Å². The van der Waals surface area contributed by atoms with E-state index in [1.165, 1.54) is 11.3 Å². The lowest BCUT2D eigenvalue weighted by atomic mass is 9.93. The van der Waals surface area contributed by atoms with E-state index in [1.807, 2.05) is 27.7 Å². The van der Waals surface area contributed by atoms with Crippen molar-refractivity contribution < 1.29 is 9.53 Å². The molecule has 20 heavy (non-hydrogen) atoms. The van der Waals surface area contributed by atoms with E-state index < -0.39 is 0 Å². The van der Waals surface area contributed by atoms with Gasteiger partial charge in [-0.3, -0.25) is 4.79 Å². The molecular formula is C15H20N2O2S. The molecule has 1 aliphatic heterocycles. The predicted molar refractivity (Wildman–Crippen MR) is 79.7 cm³/mol.